The van der Waals surface area contributed by atoms with Gasteiger partial charge in [0.15, 0.2) is 6.10 Å². The summed E-state index contributed by atoms with van der Waals surface area (Å²) in [4.78, 5) is 22.8. The van der Waals surface area contributed by atoms with Crippen molar-refractivity contribution in [3.8, 4) is 11.5 Å². The van der Waals surface area contributed by atoms with Gasteiger partial charge in [-0.05, 0) is 62.2 Å². The number of rotatable bonds is 5. The molecular formula is C18H18O5. The lowest BCUT2D eigenvalue weighted by Gasteiger charge is -2.16. The third-order valence-electron chi connectivity index (χ3n) is 3.30. The summed E-state index contributed by atoms with van der Waals surface area (Å²) in [6.45, 7) is 5.45. The van der Waals surface area contributed by atoms with Crippen LogP contribution in [0.3, 0.4) is 0 Å². The molecule has 120 valence electrons. The van der Waals surface area contributed by atoms with Gasteiger partial charge in [-0.15, -0.1) is 0 Å². The van der Waals surface area contributed by atoms with Crippen molar-refractivity contribution in [3.63, 3.8) is 0 Å². The Hall–Kier alpha value is -2.82. The van der Waals surface area contributed by atoms with Gasteiger partial charge in [0, 0.05) is 0 Å². The Morgan fingerprint density at radius 1 is 1.04 bits per heavy atom. The van der Waals surface area contributed by atoms with E-state index in [9.17, 15) is 9.59 Å². The second kappa shape index (κ2) is 6.96. The Labute approximate surface area is 134 Å². The van der Waals surface area contributed by atoms with Crippen LogP contribution >= 0.6 is 0 Å². The van der Waals surface area contributed by atoms with E-state index in [0.29, 0.717) is 5.75 Å². The summed E-state index contributed by atoms with van der Waals surface area (Å²) in [5, 5.41) is 8.83. The molecule has 2 aromatic rings. The van der Waals surface area contributed by atoms with Crippen LogP contribution in [0.25, 0.3) is 0 Å². The number of carboxylic acid groups (broad SMARTS) is 1. The van der Waals surface area contributed by atoms with Gasteiger partial charge < -0.3 is 14.6 Å². The van der Waals surface area contributed by atoms with Crippen molar-refractivity contribution >= 4 is 11.9 Å². The Bertz CT molecular complexity index is 719. The van der Waals surface area contributed by atoms with E-state index in [1.165, 1.54) is 24.3 Å². The molecule has 0 amide bonds. The summed E-state index contributed by atoms with van der Waals surface area (Å²) in [6.07, 6.45) is -0.783. The SMILES string of the molecule is Cc1ccc(C)c(OC(C)C(=O)Oc2ccc(C(=O)O)cc2)c1. The summed E-state index contributed by atoms with van der Waals surface area (Å²) < 4.78 is 10.8. The molecule has 0 heterocycles. The van der Waals surface area contributed by atoms with Crippen molar-refractivity contribution in [2.75, 3.05) is 0 Å². The Balaban J connectivity index is 2.02. The molecule has 1 N–H and O–H groups in total. The van der Waals surface area contributed by atoms with Gasteiger partial charge in [0.05, 0.1) is 5.56 Å². The quantitative estimate of drug-likeness (QED) is 0.676. The van der Waals surface area contributed by atoms with Crippen LogP contribution in [0, 0.1) is 13.8 Å². The maximum absolute atomic E-state index is 12.1. The Morgan fingerprint density at radius 2 is 1.70 bits per heavy atom. The second-order valence-corrected chi connectivity index (χ2v) is 5.28. The van der Waals surface area contributed by atoms with Crippen LogP contribution in [0.2, 0.25) is 0 Å². The smallest absolute Gasteiger partial charge is 0.352 e. The first kappa shape index (κ1) is 16.5. The number of hydrogen-bond acceptors (Lipinski definition) is 4. The van der Waals surface area contributed by atoms with E-state index < -0.39 is 18.0 Å². The molecular weight excluding hydrogens is 296 g/mol. The highest BCUT2D eigenvalue weighted by Crippen LogP contribution is 2.21. The highest BCUT2D eigenvalue weighted by Gasteiger charge is 2.18. The predicted molar refractivity (Wildman–Crippen MR) is 85.0 cm³/mol. The molecule has 0 saturated heterocycles. The summed E-state index contributed by atoms with van der Waals surface area (Å²) >= 11 is 0. The van der Waals surface area contributed by atoms with Crippen LogP contribution < -0.4 is 9.47 Å². The molecule has 0 radical (unpaired) electrons. The van der Waals surface area contributed by atoms with Crippen molar-refractivity contribution in [3.05, 3.63) is 59.2 Å². The van der Waals surface area contributed by atoms with Crippen LogP contribution in [-0.2, 0) is 4.79 Å². The topological polar surface area (TPSA) is 72.8 Å². The van der Waals surface area contributed by atoms with Crippen molar-refractivity contribution in [2.45, 2.75) is 26.9 Å². The molecule has 0 fully saturated rings. The van der Waals surface area contributed by atoms with E-state index in [0.717, 1.165) is 11.1 Å². The number of ether oxygens (including phenoxy) is 2. The minimum Gasteiger partial charge on any atom is -0.479 e. The zero-order valence-corrected chi connectivity index (χ0v) is 13.2. The average Bonchev–Trinajstić information content (AvgIpc) is 2.51. The second-order valence-electron chi connectivity index (χ2n) is 5.28. The molecule has 5 heteroatoms. The fraction of sp³-hybridized carbons (Fsp3) is 0.222. The van der Waals surface area contributed by atoms with Crippen molar-refractivity contribution < 1.29 is 24.2 Å². The fourth-order valence-electron chi connectivity index (χ4n) is 1.94. The fourth-order valence-corrected chi connectivity index (χ4v) is 1.94. The largest absolute Gasteiger partial charge is 0.479 e. The molecule has 0 aliphatic heterocycles. The Morgan fingerprint density at radius 3 is 2.30 bits per heavy atom. The highest BCUT2D eigenvalue weighted by atomic mass is 16.6. The summed E-state index contributed by atoms with van der Waals surface area (Å²) in [7, 11) is 0. The summed E-state index contributed by atoms with van der Waals surface area (Å²) in [6, 6.07) is 11.4. The van der Waals surface area contributed by atoms with Crippen LogP contribution in [0.4, 0.5) is 0 Å². The van der Waals surface area contributed by atoms with Gasteiger partial charge in [0.25, 0.3) is 0 Å². The molecule has 0 aliphatic carbocycles. The number of carbonyl (C=O) groups excluding carboxylic acids is 1. The summed E-state index contributed by atoms with van der Waals surface area (Å²) in [5.74, 6) is -0.671. The van der Waals surface area contributed by atoms with Gasteiger partial charge in [-0.3, -0.25) is 0 Å². The van der Waals surface area contributed by atoms with E-state index in [4.69, 9.17) is 14.6 Å². The minimum absolute atomic E-state index is 0.129. The van der Waals surface area contributed by atoms with Gasteiger partial charge in [-0.25, -0.2) is 9.59 Å². The minimum atomic E-state index is -1.03. The monoisotopic (exact) mass is 314 g/mol. The Kier molecular flexibility index (Phi) is 5.01. The van der Waals surface area contributed by atoms with Crippen LogP contribution in [-0.4, -0.2) is 23.1 Å². The number of esters is 1. The third-order valence-corrected chi connectivity index (χ3v) is 3.30. The molecule has 5 nitrogen and oxygen atoms in total. The first-order chi connectivity index (χ1) is 10.9. The molecule has 2 rings (SSSR count). The number of carboxylic acids is 1. The molecule has 1 unspecified atom stereocenters. The van der Waals surface area contributed by atoms with Gasteiger partial charge >= 0.3 is 11.9 Å². The molecule has 2 aromatic carbocycles. The molecule has 0 bridgehead atoms. The van der Waals surface area contributed by atoms with Gasteiger partial charge in [0.2, 0.25) is 0 Å². The number of hydrogen-bond donors (Lipinski definition) is 1. The molecule has 23 heavy (non-hydrogen) atoms. The highest BCUT2D eigenvalue weighted by molar-refractivity contribution is 5.87. The predicted octanol–water partition coefficient (Wildman–Crippen LogP) is 3.37. The van der Waals surface area contributed by atoms with Crippen molar-refractivity contribution in [1.82, 2.24) is 0 Å². The average molecular weight is 314 g/mol. The van der Waals surface area contributed by atoms with E-state index in [1.807, 2.05) is 32.0 Å². The van der Waals surface area contributed by atoms with Crippen molar-refractivity contribution in [2.24, 2.45) is 0 Å². The molecule has 0 saturated carbocycles. The molecule has 0 aromatic heterocycles. The van der Waals surface area contributed by atoms with Crippen LogP contribution in [0.5, 0.6) is 11.5 Å². The van der Waals surface area contributed by atoms with Gasteiger partial charge in [0.1, 0.15) is 11.5 Å². The summed E-state index contributed by atoms with van der Waals surface area (Å²) in [5.41, 5.74) is 2.10. The lowest BCUT2D eigenvalue weighted by molar-refractivity contribution is -0.141. The van der Waals surface area contributed by atoms with E-state index >= 15 is 0 Å². The first-order valence-corrected chi connectivity index (χ1v) is 7.16. The van der Waals surface area contributed by atoms with E-state index in [2.05, 4.69) is 0 Å². The van der Waals surface area contributed by atoms with Crippen LogP contribution in [0.15, 0.2) is 42.5 Å². The third kappa shape index (κ3) is 4.32. The zero-order chi connectivity index (χ0) is 17.0. The number of benzene rings is 2. The lowest BCUT2D eigenvalue weighted by Crippen LogP contribution is -2.28. The van der Waals surface area contributed by atoms with Gasteiger partial charge in [-0.1, -0.05) is 12.1 Å². The lowest BCUT2D eigenvalue weighted by atomic mass is 10.1. The van der Waals surface area contributed by atoms with Crippen LogP contribution in [0.1, 0.15) is 28.4 Å². The number of carbonyl (C=O) groups is 2. The molecule has 0 aliphatic rings. The molecule has 1 atom stereocenters. The normalized spacial score (nSPS) is 11.6. The molecule has 0 spiro atoms. The van der Waals surface area contributed by atoms with E-state index in [1.54, 1.807) is 6.92 Å². The maximum Gasteiger partial charge on any atom is 0.352 e. The zero-order valence-electron chi connectivity index (χ0n) is 13.2. The van der Waals surface area contributed by atoms with Crippen molar-refractivity contribution in [1.29, 1.82) is 0 Å². The number of aryl methyl sites for hydroxylation is 2. The maximum atomic E-state index is 12.1. The standard InChI is InChI=1S/C18H18O5/c1-11-4-5-12(2)16(10-11)22-13(3)18(21)23-15-8-6-14(7-9-15)17(19)20/h4-10,13H,1-3H3,(H,19,20). The van der Waals surface area contributed by atoms with E-state index in [-0.39, 0.29) is 11.3 Å². The number of aromatic carboxylic acids is 1. The first-order valence-electron chi connectivity index (χ1n) is 7.16. The van der Waals surface area contributed by atoms with Gasteiger partial charge in [-0.2, -0.15) is 0 Å².